The molecule has 0 aromatic heterocycles. The van der Waals surface area contributed by atoms with Crippen molar-refractivity contribution in [3.8, 4) is 5.75 Å². The van der Waals surface area contributed by atoms with Gasteiger partial charge in [-0.05, 0) is 48.0 Å². The first-order valence-corrected chi connectivity index (χ1v) is 12.1. The van der Waals surface area contributed by atoms with Crippen molar-refractivity contribution in [3.63, 3.8) is 0 Å². The van der Waals surface area contributed by atoms with Crippen molar-refractivity contribution in [2.75, 3.05) is 17.7 Å². The van der Waals surface area contributed by atoms with E-state index in [2.05, 4.69) is 10.6 Å². The van der Waals surface area contributed by atoms with Crippen LogP contribution in [0, 0.1) is 10.1 Å². The van der Waals surface area contributed by atoms with Crippen molar-refractivity contribution in [2.24, 2.45) is 0 Å². The summed E-state index contributed by atoms with van der Waals surface area (Å²) in [6.45, 7) is 0. The van der Waals surface area contributed by atoms with Crippen LogP contribution in [0.2, 0.25) is 0 Å². The van der Waals surface area contributed by atoms with Crippen LogP contribution in [0.3, 0.4) is 0 Å². The smallest absolute Gasteiger partial charge is 0.270 e. The maximum absolute atomic E-state index is 13.3. The quantitative estimate of drug-likeness (QED) is 0.154. The first-order chi connectivity index (χ1) is 17.9. The summed E-state index contributed by atoms with van der Waals surface area (Å²) in [6.07, 6.45) is 0. The zero-order valence-corrected chi connectivity index (χ0v) is 20.6. The number of methoxy groups -OCH3 is 1. The Morgan fingerprint density at radius 2 is 1.57 bits per heavy atom. The number of thioether (sulfide) groups is 1. The van der Waals surface area contributed by atoms with Crippen LogP contribution >= 0.6 is 11.8 Å². The van der Waals surface area contributed by atoms with Gasteiger partial charge in [-0.3, -0.25) is 19.7 Å². The molecule has 8 nitrogen and oxygen atoms in total. The predicted octanol–water partition coefficient (Wildman–Crippen LogP) is 6.33. The summed E-state index contributed by atoms with van der Waals surface area (Å²) >= 11 is 1.37. The van der Waals surface area contributed by atoms with E-state index in [9.17, 15) is 19.7 Å². The van der Waals surface area contributed by atoms with Crippen LogP contribution in [0.25, 0.3) is 0 Å². The molecule has 1 atom stereocenters. The zero-order valence-electron chi connectivity index (χ0n) is 19.8. The second kappa shape index (κ2) is 11.9. The number of non-ortho nitro benzene ring substituents is 1. The Hall–Kier alpha value is -4.63. The number of benzene rings is 4. The van der Waals surface area contributed by atoms with Crippen molar-refractivity contribution < 1.29 is 19.2 Å². The molecular weight excluding hydrogens is 490 g/mol. The normalized spacial score (nSPS) is 11.3. The fourth-order valence-corrected chi connectivity index (χ4v) is 4.59. The number of nitro benzene ring substituents is 1. The predicted molar refractivity (Wildman–Crippen MR) is 144 cm³/mol. The van der Waals surface area contributed by atoms with E-state index in [0.717, 1.165) is 10.5 Å². The summed E-state index contributed by atoms with van der Waals surface area (Å²) in [5.74, 6) is -0.0947. The summed E-state index contributed by atoms with van der Waals surface area (Å²) in [7, 11) is 1.55. The lowest BCUT2D eigenvalue weighted by Crippen LogP contribution is -2.19. The topological polar surface area (TPSA) is 111 Å². The Bertz CT molecular complexity index is 1410. The Kier molecular flexibility index (Phi) is 8.17. The summed E-state index contributed by atoms with van der Waals surface area (Å²) in [5.41, 5.74) is 1.97. The zero-order chi connectivity index (χ0) is 26.2. The molecule has 9 heteroatoms. The minimum Gasteiger partial charge on any atom is -0.495 e. The first-order valence-electron chi connectivity index (χ1n) is 11.3. The third-order valence-corrected chi connectivity index (χ3v) is 6.66. The van der Waals surface area contributed by atoms with E-state index < -0.39 is 16.1 Å². The number of rotatable bonds is 9. The number of carbonyl (C=O) groups is 2. The number of anilines is 2. The molecule has 0 heterocycles. The Labute approximate surface area is 217 Å². The third-order valence-electron chi connectivity index (χ3n) is 5.39. The van der Waals surface area contributed by atoms with Gasteiger partial charge in [0.2, 0.25) is 5.91 Å². The van der Waals surface area contributed by atoms with Crippen molar-refractivity contribution in [1.29, 1.82) is 0 Å². The Morgan fingerprint density at radius 3 is 2.27 bits per heavy atom. The van der Waals surface area contributed by atoms with Gasteiger partial charge in [0.1, 0.15) is 11.0 Å². The van der Waals surface area contributed by atoms with Crippen LogP contribution in [0.15, 0.2) is 108 Å². The number of hydrogen-bond acceptors (Lipinski definition) is 6. The molecule has 0 aliphatic heterocycles. The van der Waals surface area contributed by atoms with E-state index in [4.69, 9.17) is 4.74 Å². The molecule has 4 rings (SSSR count). The molecule has 4 aromatic rings. The van der Waals surface area contributed by atoms with Gasteiger partial charge in [0, 0.05) is 28.3 Å². The SMILES string of the molecule is COc1ccccc1NC(=O)C(Sc1ccc(NC(=O)c2cccc([N+](=O)[O-])c2)cc1)c1ccccc1. The van der Waals surface area contributed by atoms with E-state index >= 15 is 0 Å². The van der Waals surface area contributed by atoms with Crippen LogP contribution in [0.1, 0.15) is 21.2 Å². The van der Waals surface area contributed by atoms with Gasteiger partial charge < -0.3 is 15.4 Å². The lowest BCUT2D eigenvalue weighted by Gasteiger charge is -2.18. The fraction of sp³-hybridized carbons (Fsp3) is 0.0714. The summed E-state index contributed by atoms with van der Waals surface area (Å²) in [5, 5.41) is 16.1. The number of nitrogens with one attached hydrogen (secondary N) is 2. The van der Waals surface area contributed by atoms with Gasteiger partial charge in [0.25, 0.3) is 11.6 Å². The molecule has 0 aliphatic carbocycles. The highest BCUT2D eigenvalue weighted by Gasteiger charge is 2.23. The van der Waals surface area contributed by atoms with Crippen LogP contribution in [-0.2, 0) is 4.79 Å². The molecule has 0 spiro atoms. The number of hydrogen-bond donors (Lipinski definition) is 2. The van der Waals surface area contributed by atoms with Gasteiger partial charge in [-0.25, -0.2) is 0 Å². The molecule has 1 unspecified atom stereocenters. The molecule has 0 saturated heterocycles. The van der Waals surface area contributed by atoms with E-state index in [0.29, 0.717) is 17.1 Å². The van der Waals surface area contributed by atoms with Gasteiger partial charge in [-0.2, -0.15) is 0 Å². The van der Waals surface area contributed by atoms with E-state index in [-0.39, 0.29) is 17.2 Å². The Morgan fingerprint density at radius 1 is 0.865 bits per heavy atom. The average Bonchev–Trinajstić information content (AvgIpc) is 2.93. The minimum atomic E-state index is -0.546. The van der Waals surface area contributed by atoms with E-state index in [1.165, 1.54) is 36.0 Å². The molecule has 0 saturated carbocycles. The van der Waals surface area contributed by atoms with Gasteiger partial charge in [-0.1, -0.05) is 48.5 Å². The van der Waals surface area contributed by atoms with Crippen LogP contribution < -0.4 is 15.4 Å². The number of ether oxygens (including phenoxy) is 1. The van der Waals surface area contributed by atoms with Gasteiger partial charge in [-0.15, -0.1) is 11.8 Å². The maximum Gasteiger partial charge on any atom is 0.270 e. The molecule has 0 bridgehead atoms. The van der Waals surface area contributed by atoms with Crippen LogP contribution in [0.4, 0.5) is 17.1 Å². The third kappa shape index (κ3) is 6.53. The lowest BCUT2D eigenvalue weighted by atomic mass is 10.1. The molecule has 4 aromatic carbocycles. The van der Waals surface area contributed by atoms with Crippen LogP contribution in [0.5, 0.6) is 5.75 Å². The van der Waals surface area contributed by atoms with Gasteiger partial charge >= 0.3 is 0 Å². The monoisotopic (exact) mass is 513 g/mol. The second-order valence-corrected chi connectivity index (χ2v) is 9.06. The Balaban J connectivity index is 1.49. The van der Waals surface area contributed by atoms with Crippen molar-refractivity contribution >= 4 is 40.6 Å². The molecule has 0 fully saturated rings. The second-order valence-electron chi connectivity index (χ2n) is 7.88. The first kappa shape index (κ1) is 25.5. The molecule has 186 valence electrons. The maximum atomic E-state index is 13.3. The summed E-state index contributed by atoms with van der Waals surface area (Å²) < 4.78 is 5.36. The number of amides is 2. The van der Waals surface area contributed by atoms with E-state index in [1.54, 1.807) is 43.5 Å². The van der Waals surface area contributed by atoms with E-state index in [1.807, 2.05) is 42.5 Å². The summed E-state index contributed by atoms with van der Waals surface area (Å²) in [4.78, 5) is 37.1. The molecule has 2 amide bonds. The highest BCUT2D eigenvalue weighted by atomic mass is 32.2. The van der Waals surface area contributed by atoms with Crippen molar-refractivity contribution in [1.82, 2.24) is 0 Å². The molecule has 2 N–H and O–H groups in total. The van der Waals surface area contributed by atoms with Gasteiger partial charge in [0.05, 0.1) is 17.7 Å². The van der Waals surface area contributed by atoms with Crippen LogP contribution in [-0.4, -0.2) is 23.8 Å². The summed E-state index contributed by atoms with van der Waals surface area (Å²) in [6, 6.07) is 29.2. The van der Waals surface area contributed by atoms with Gasteiger partial charge in [0.15, 0.2) is 0 Å². The number of carbonyl (C=O) groups excluding carboxylic acids is 2. The fourth-order valence-electron chi connectivity index (χ4n) is 3.56. The number of nitro groups is 1. The highest BCUT2D eigenvalue weighted by Crippen LogP contribution is 2.37. The van der Waals surface area contributed by atoms with Crippen molar-refractivity contribution in [2.45, 2.75) is 10.1 Å². The highest BCUT2D eigenvalue weighted by molar-refractivity contribution is 8.00. The average molecular weight is 514 g/mol. The molecule has 0 radical (unpaired) electrons. The number of nitrogens with zero attached hydrogens (tertiary/aromatic N) is 1. The lowest BCUT2D eigenvalue weighted by molar-refractivity contribution is -0.384. The molecule has 0 aliphatic rings. The standard InChI is InChI=1S/C28H23N3O5S/c1-36-25-13-6-5-12-24(25)30-28(33)26(19-8-3-2-4-9-19)37-23-16-14-21(15-17-23)29-27(32)20-10-7-11-22(18-20)31(34)35/h2-18,26H,1H3,(H,29,32)(H,30,33). The number of para-hydroxylation sites is 2. The largest absolute Gasteiger partial charge is 0.495 e. The van der Waals surface area contributed by atoms with Crippen molar-refractivity contribution in [3.05, 3.63) is 124 Å². The molecular formula is C28H23N3O5S. The minimum absolute atomic E-state index is 0.155. The molecule has 37 heavy (non-hydrogen) atoms.